The highest BCUT2D eigenvalue weighted by Gasteiger charge is 2.30. The molecule has 1 aliphatic heterocycles. The number of unbranched alkanes of at least 4 members (excludes halogenated alkanes) is 15. The molecule has 1 saturated heterocycles. The third-order valence-electron chi connectivity index (χ3n) is 6.26. The molecular weight excluding hydrogens is 318 g/mol. The van der Waals surface area contributed by atoms with E-state index in [0.717, 1.165) is 26.1 Å². The standard InChI is InChI=1S/C24H49NO/c1-3-5-6-7-8-9-10-11-12-13-14-15-16-17-18-19-20-24(4-2)23-25-21-22-26-24/h25H,3-23H2,1-2H3. The molecule has 1 atom stereocenters. The van der Waals surface area contributed by atoms with Crippen molar-refractivity contribution in [2.75, 3.05) is 19.7 Å². The molecule has 0 aromatic rings. The van der Waals surface area contributed by atoms with Gasteiger partial charge in [0.2, 0.25) is 0 Å². The maximum atomic E-state index is 6.08. The Bertz CT molecular complexity index is 286. The van der Waals surface area contributed by atoms with Crippen LogP contribution in [0.4, 0.5) is 0 Å². The van der Waals surface area contributed by atoms with Crippen LogP contribution in [0.2, 0.25) is 0 Å². The van der Waals surface area contributed by atoms with Crippen LogP contribution in [0.5, 0.6) is 0 Å². The fourth-order valence-electron chi connectivity index (χ4n) is 4.27. The third-order valence-corrected chi connectivity index (χ3v) is 6.26. The zero-order chi connectivity index (χ0) is 18.8. The first kappa shape index (κ1) is 24.0. The summed E-state index contributed by atoms with van der Waals surface area (Å²) >= 11 is 0. The van der Waals surface area contributed by atoms with Gasteiger partial charge in [-0.3, -0.25) is 0 Å². The molecule has 2 heteroatoms. The molecule has 0 amide bonds. The molecule has 1 N–H and O–H groups in total. The highest BCUT2D eigenvalue weighted by atomic mass is 16.5. The van der Waals surface area contributed by atoms with E-state index in [-0.39, 0.29) is 5.60 Å². The molecule has 2 nitrogen and oxygen atoms in total. The quantitative estimate of drug-likeness (QED) is 0.255. The zero-order valence-electron chi connectivity index (χ0n) is 18.3. The minimum Gasteiger partial charge on any atom is -0.372 e. The lowest BCUT2D eigenvalue weighted by molar-refractivity contribution is -0.0748. The molecule has 1 fully saturated rings. The average Bonchev–Trinajstić information content (AvgIpc) is 2.68. The summed E-state index contributed by atoms with van der Waals surface area (Å²) in [6.45, 7) is 7.56. The molecule has 0 aromatic carbocycles. The van der Waals surface area contributed by atoms with E-state index in [9.17, 15) is 0 Å². The van der Waals surface area contributed by atoms with Crippen molar-refractivity contribution in [1.29, 1.82) is 0 Å². The van der Waals surface area contributed by atoms with Crippen molar-refractivity contribution < 1.29 is 4.74 Å². The van der Waals surface area contributed by atoms with Crippen molar-refractivity contribution in [1.82, 2.24) is 5.32 Å². The predicted octanol–water partition coefficient (Wildman–Crippen LogP) is 7.41. The van der Waals surface area contributed by atoms with Gasteiger partial charge >= 0.3 is 0 Å². The maximum Gasteiger partial charge on any atom is 0.0804 e. The van der Waals surface area contributed by atoms with Crippen LogP contribution in [0.3, 0.4) is 0 Å². The van der Waals surface area contributed by atoms with Gasteiger partial charge in [-0.1, -0.05) is 117 Å². The van der Waals surface area contributed by atoms with E-state index in [1.54, 1.807) is 0 Å². The Morgan fingerprint density at radius 2 is 1.12 bits per heavy atom. The lowest BCUT2D eigenvalue weighted by atomic mass is 9.91. The van der Waals surface area contributed by atoms with E-state index in [0.29, 0.717) is 0 Å². The van der Waals surface area contributed by atoms with Crippen molar-refractivity contribution in [3.05, 3.63) is 0 Å². The molecule has 0 aromatic heterocycles. The SMILES string of the molecule is CCCCCCCCCCCCCCCCCCC1(CC)CNCCO1. The lowest BCUT2D eigenvalue weighted by Crippen LogP contribution is -2.49. The van der Waals surface area contributed by atoms with Crippen LogP contribution in [0, 0.1) is 0 Å². The number of morpholine rings is 1. The van der Waals surface area contributed by atoms with Gasteiger partial charge in [0.1, 0.15) is 0 Å². The first-order valence-electron chi connectivity index (χ1n) is 12.2. The van der Waals surface area contributed by atoms with E-state index in [1.807, 2.05) is 0 Å². The summed E-state index contributed by atoms with van der Waals surface area (Å²) in [6.07, 6.45) is 25.5. The Hall–Kier alpha value is -0.0800. The van der Waals surface area contributed by atoms with Crippen molar-refractivity contribution in [3.8, 4) is 0 Å². The van der Waals surface area contributed by atoms with Crippen LogP contribution in [0.1, 0.15) is 129 Å². The second kappa shape index (κ2) is 17.0. The number of hydrogen-bond acceptors (Lipinski definition) is 2. The van der Waals surface area contributed by atoms with Gasteiger partial charge in [0.05, 0.1) is 12.2 Å². The summed E-state index contributed by atoms with van der Waals surface area (Å²) in [7, 11) is 0. The van der Waals surface area contributed by atoms with Gasteiger partial charge in [-0.15, -0.1) is 0 Å². The van der Waals surface area contributed by atoms with Crippen LogP contribution in [-0.2, 0) is 4.74 Å². The molecule has 1 heterocycles. The normalized spacial score (nSPS) is 20.5. The highest BCUT2D eigenvalue weighted by molar-refractivity contribution is 4.84. The van der Waals surface area contributed by atoms with Gasteiger partial charge in [-0.25, -0.2) is 0 Å². The van der Waals surface area contributed by atoms with Crippen LogP contribution in [-0.4, -0.2) is 25.3 Å². The Morgan fingerprint density at radius 1 is 0.654 bits per heavy atom. The van der Waals surface area contributed by atoms with Crippen LogP contribution >= 0.6 is 0 Å². The van der Waals surface area contributed by atoms with Crippen molar-refractivity contribution in [3.63, 3.8) is 0 Å². The lowest BCUT2D eigenvalue weighted by Gasteiger charge is -2.37. The summed E-state index contributed by atoms with van der Waals surface area (Å²) in [5, 5.41) is 3.51. The molecule has 1 unspecified atom stereocenters. The summed E-state index contributed by atoms with van der Waals surface area (Å²) in [5.74, 6) is 0. The fraction of sp³-hybridized carbons (Fsp3) is 1.00. The van der Waals surface area contributed by atoms with E-state index in [1.165, 1.54) is 109 Å². The van der Waals surface area contributed by atoms with Crippen LogP contribution in [0.25, 0.3) is 0 Å². The third kappa shape index (κ3) is 12.3. The Balaban J connectivity index is 1.77. The second-order valence-corrected chi connectivity index (χ2v) is 8.62. The minimum absolute atomic E-state index is 0.147. The molecule has 0 aliphatic carbocycles. The Kier molecular flexibility index (Phi) is 15.7. The van der Waals surface area contributed by atoms with Gasteiger partial charge in [0.15, 0.2) is 0 Å². The maximum absolute atomic E-state index is 6.08. The zero-order valence-corrected chi connectivity index (χ0v) is 18.3. The molecule has 1 aliphatic rings. The van der Waals surface area contributed by atoms with Crippen molar-refractivity contribution >= 4 is 0 Å². The predicted molar refractivity (Wildman–Crippen MR) is 116 cm³/mol. The van der Waals surface area contributed by atoms with Crippen molar-refractivity contribution in [2.24, 2.45) is 0 Å². The van der Waals surface area contributed by atoms with Crippen molar-refractivity contribution in [2.45, 2.75) is 135 Å². The molecular formula is C24H49NO. The average molecular weight is 368 g/mol. The first-order valence-corrected chi connectivity index (χ1v) is 12.2. The number of rotatable bonds is 18. The largest absolute Gasteiger partial charge is 0.372 e. The summed E-state index contributed by atoms with van der Waals surface area (Å²) < 4.78 is 6.08. The molecule has 0 saturated carbocycles. The number of nitrogens with one attached hydrogen (secondary N) is 1. The molecule has 1 rings (SSSR count). The van der Waals surface area contributed by atoms with Gasteiger partial charge in [-0.05, 0) is 12.8 Å². The van der Waals surface area contributed by atoms with E-state index in [4.69, 9.17) is 4.74 Å². The highest BCUT2D eigenvalue weighted by Crippen LogP contribution is 2.25. The molecule has 26 heavy (non-hydrogen) atoms. The Morgan fingerprint density at radius 3 is 1.50 bits per heavy atom. The smallest absolute Gasteiger partial charge is 0.0804 e. The Labute approximate surface area is 165 Å². The summed E-state index contributed by atoms with van der Waals surface area (Å²) in [5.41, 5.74) is 0.147. The molecule has 156 valence electrons. The van der Waals surface area contributed by atoms with Crippen LogP contribution < -0.4 is 5.32 Å². The first-order chi connectivity index (χ1) is 12.8. The van der Waals surface area contributed by atoms with Gasteiger partial charge < -0.3 is 10.1 Å². The van der Waals surface area contributed by atoms with E-state index < -0.39 is 0 Å². The second-order valence-electron chi connectivity index (χ2n) is 8.62. The van der Waals surface area contributed by atoms with Crippen LogP contribution in [0.15, 0.2) is 0 Å². The summed E-state index contributed by atoms with van der Waals surface area (Å²) in [6, 6.07) is 0. The van der Waals surface area contributed by atoms with E-state index in [2.05, 4.69) is 19.2 Å². The molecule has 0 spiro atoms. The number of ether oxygens (including phenoxy) is 1. The van der Waals surface area contributed by atoms with Gasteiger partial charge in [-0.2, -0.15) is 0 Å². The topological polar surface area (TPSA) is 21.3 Å². The number of hydrogen-bond donors (Lipinski definition) is 1. The van der Waals surface area contributed by atoms with Gasteiger partial charge in [0.25, 0.3) is 0 Å². The molecule has 0 radical (unpaired) electrons. The van der Waals surface area contributed by atoms with E-state index >= 15 is 0 Å². The molecule has 0 bridgehead atoms. The minimum atomic E-state index is 0.147. The fourth-order valence-corrected chi connectivity index (χ4v) is 4.27. The monoisotopic (exact) mass is 367 g/mol. The van der Waals surface area contributed by atoms with Gasteiger partial charge in [0, 0.05) is 13.1 Å². The summed E-state index contributed by atoms with van der Waals surface area (Å²) in [4.78, 5) is 0.